The Kier molecular flexibility index (Phi) is 8.99. The minimum Gasteiger partial charge on any atom is -0.370 e. The highest BCUT2D eigenvalue weighted by atomic mass is 32.2. The molecule has 1 saturated heterocycles. The molecular weight excluding hydrogens is 536 g/mol. The van der Waals surface area contributed by atoms with Crippen LogP contribution in [0.2, 0.25) is 0 Å². The van der Waals surface area contributed by atoms with E-state index >= 15 is 0 Å². The maximum absolute atomic E-state index is 13.5. The van der Waals surface area contributed by atoms with Gasteiger partial charge in [0, 0.05) is 44.6 Å². The van der Waals surface area contributed by atoms with Crippen molar-refractivity contribution in [3.8, 4) is 0 Å². The molecule has 1 aromatic heterocycles. The van der Waals surface area contributed by atoms with Gasteiger partial charge in [0.05, 0.1) is 17.5 Å². The highest BCUT2D eigenvalue weighted by molar-refractivity contribution is 7.89. The second-order valence-electron chi connectivity index (χ2n) is 11.4. The number of carbonyl (C=O) groups excluding carboxylic acids is 1. The lowest BCUT2D eigenvalue weighted by molar-refractivity contribution is -0.139. The lowest BCUT2D eigenvalue weighted by Crippen LogP contribution is -2.44. The molecule has 1 fully saturated rings. The Morgan fingerprint density at radius 1 is 0.951 bits per heavy atom. The van der Waals surface area contributed by atoms with Crippen molar-refractivity contribution in [3.05, 3.63) is 88.2 Å². The van der Waals surface area contributed by atoms with Crippen molar-refractivity contribution in [1.29, 1.82) is 0 Å². The van der Waals surface area contributed by atoms with Crippen molar-refractivity contribution in [3.63, 3.8) is 0 Å². The SMILES string of the molecule is Cc1cc(C)c(S(=O)(=O)N(C)CCOCC(=O)N2CCn3c(CN4CCCC4)ccc3C2c2ccccc2)c(C)c1. The van der Waals surface area contributed by atoms with Crippen molar-refractivity contribution < 1.29 is 17.9 Å². The van der Waals surface area contributed by atoms with Gasteiger partial charge in [0.25, 0.3) is 0 Å². The zero-order chi connectivity index (χ0) is 29.1. The fourth-order valence-corrected chi connectivity index (χ4v) is 7.94. The molecule has 8 nitrogen and oxygen atoms in total. The number of likely N-dealkylation sites (tertiary alicyclic amines) is 1. The highest BCUT2D eigenvalue weighted by Crippen LogP contribution is 2.34. The van der Waals surface area contributed by atoms with Crippen LogP contribution in [0.3, 0.4) is 0 Å². The van der Waals surface area contributed by atoms with E-state index in [0.29, 0.717) is 11.4 Å². The molecule has 0 bridgehead atoms. The van der Waals surface area contributed by atoms with Crippen LogP contribution in [0.1, 0.15) is 52.5 Å². The number of nitrogens with zero attached hydrogens (tertiary/aromatic N) is 4. The van der Waals surface area contributed by atoms with Crippen LogP contribution < -0.4 is 0 Å². The Morgan fingerprint density at radius 3 is 2.32 bits per heavy atom. The van der Waals surface area contributed by atoms with Gasteiger partial charge in [-0.15, -0.1) is 0 Å². The van der Waals surface area contributed by atoms with E-state index in [9.17, 15) is 13.2 Å². The predicted octanol–water partition coefficient (Wildman–Crippen LogP) is 4.28. The van der Waals surface area contributed by atoms with E-state index in [4.69, 9.17) is 4.74 Å². The van der Waals surface area contributed by atoms with Crippen LogP contribution in [0.25, 0.3) is 0 Å². The number of aryl methyl sites for hydroxylation is 3. The summed E-state index contributed by atoms with van der Waals surface area (Å²) in [6.45, 7) is 10.4. The van der Waals surface area contributed by atoms with E-state index in [1.54, 1.807) is 7.05 Å². The standard InChI is InChI=1S/C32H42N4O4S/c1-24-20-25(2)32(26(3)21-24)41(38,39)33(4)18-19-40-23-30(37)36-17-16-35-28(22-34-14-8-9-15-34)12-13-29(35)31(36)27-10-6-5-7-11-27/h5-7,10-13,20-21,31H,8-9,14-19,22-23H2,1-4H3. The summed E-state index contributed by atoms with van der Waals surface area (Å²) in [5, 5.41) is 0. The van der Waals surface area contributed by atoms with Crippen LogP contribution in [-0.4, -0.2) is 79.4 Å². The largest absolute Gasteiger partial charge is 0.370 e. The molecule has 0 aliphatic carbocycles. The number of sulfonamides is 1. The van der Waals surface area contributed by atoms with Crippen molar-refractivity contribution in [2.45, 2.75) is 57.6 Å². The van der Waals surface area contributed by atoms with Gasteiger partial charge in [0.2, 0.25) is 15.9 Å². The van der Waals surface area contributed by atoms with Crippen LogP contribution >= 0.6 is 0 Å². The minimum atomic E-state index is -3.67. The highest BCUT2D eigenvalue weighted by Gasteiger charge is 2.34. The van der Waals surface area contributed by atoms with E-state index in [2.05, 4.69) is 33.7 Å². The fourth-order valence-electron chi connectivity index (χ4n) is 6.38. The molecule has 1 unspecified atom stereocenters. The summed E-state index contributed by atoms with van der Waals surface area (Å²) in [4.78, 5) is 18.3. The number of likely N-dealkylation sites (N-methyl/N-ethyl adjacent to an activating group) is 1. The zero-order valence-electron chi connectivity index (χ0n) is 24.7. The number of carbonyl (C=O) groups is 1. The average molecular weight is 579 g/mol. The van der Waals surface area contributed by atoms with Gasteiger partial charge in [0.1, 0.15) is 6.61 Å². The van der Waals surface area contributed by atoms with Crippen molar-refractivity contribution >= 4 is 15.9 Å². The van der Waals surface area contributed by atoms with Gasteiger partial charge in [-0.3, -0.25) is 9.69 Å². The first kappa shape index (κ1) is 29.5. The molecule has 2 aliphatic rings. The summed E-state index contributed by atoms with van der Waals surface area (Å²) >= 11 is 0. The Morgan fingerprint density at radius 2 is 1.63 bits per heavy atom. The van der Waals surface area contributed by atoms with Gasteiger partial charge in [-0.05, 0) is 75.5 Å². The molecule has 1 atom stereocenters. The Bertz CT molecular complexity index is 1460. The van der Waals surface area contributed by atoms with Crippen molar-refractivity contribution in [2.75, 3.05) is 46.4 Å². The Hall–Kier alpha value is -2.98. The molecule has 0 spiro atoms. The summed E-state index contributed by atoms with van der Waals surface area (Å²) in [5.41, 5.74) is 5.99. The molecule has 1 amide bonds. The van der Waals surface area contributed by atoms with Crippen LogP contribution in [-0.2, 0) is 32.6 Å². The lowest BCUT2D eigenvalue weighted by atomic mass is 10.00. The third-order valence-corrected chi connectivity index (χ3v) is 10.5. The summed E-state index contributed by atoms with van der Waals surface area (Å²) < 4.78 is 36.0. The first-order chi connectivity index (χ1) is 19.7. The van der Waals surface area contributed by atoms with Gasteiger partial charge in [0.15, 0.2) is 0 Å². The second-order valence-corrected chi connectivity index (χ2v) is 13.4. The summed E-state index contributed by atoms with van der Waals surface area (Å²) in [7, 11) is -2.11. The number of amides is 1. The van der Waals surface area contributed by atoms with Gasteiger partial charge in [-0.25, -0.2) is 8.42 Å². The molecule has 41 heavy (non-hydrogen) atoms. The number of ether oxygens (including phenoxy) is 1. The number of aromatic nitrogens is 1. The predicted molar refractivity (Wildman–Crippen MR) is 160 cm³/mol. The number of hydrogen-bond acceptors (Lipinski definition) is 5. The Balaban J connectivity index is 1.24. The first-order valence-electron chi connectivity index (χ1n) is 14.5. The van der Waals surface area contributed by atoms with Crippen molar-refractivity contribution in [2.24, 2.45) is 0 Å². The number of fused-ring (bicyclic) bond motifs is 1. The molecule has 3 aromatic rings. The molecule has 5 rings (SSSR count). The summed E-state index contributed by atoms with van der Waals surface area (Å²) in [6, 6.07) is 18.1. The molecule has 0 N–H and O–H groups in total. The molecule has 220 valence electrons. The first-order valence-corrected chi connectivity index (χ1v) is 16.0. The topological polar surface area (TPSA) is 75.1 Å². The number of benzene rings is 2. The van der Waals surface area contributed by atoms with Crippen LogP contribution in [0.5, 0.6) is 0 Å². The summed E-state index contributed by atoms with van der Waals surface area (Å²) in [5.74, 6) is -0.0943. The number of hydrogen-bond donors (Lipinski definition) is 0. The van der Waals surface area contributed by atoms with Gasteiger partial charge < -0.3 is 14.2 Å². The van der Waals surface area contributed by atoms with Gasteiger partial charge in [-0.1, -0.05) is 48.0 Å². The van der Waals surface area contributed by atoms with E-state index < -0.39 is 10.0 Å². The fraction of sp³-hybridized carbons (Fsp3) is 0.469. The van der Waals surface area contributed by atoms with Crippen LogP contribution in [0, 0.1) is 20.8 Å². The zero-order valence-corrected chi connectivity index (χ0v) is 25.5. The minimum absolute atomic E-state index is 0.0943. The lowest BCUT2D eigenvalue weighted by Gasteiger charge is -2.38. The molecule has 0 saturated carbocycles. The summed E-state index contributed by atoms with van der Waals surface area (Å²) in [6.07, 6.45) is 2.52. The monoisotopic (exact) mass is 578 g/mol. The Labute approximate surface area is 244 Å². The quantitative estimate of drug-likeness (QED) is 0.336. The average Bonchev–Trinajstić information content (AvgIpc) is 3.60. The molecule has 3 heterocycles. The number of rotatable bonds is 10. The smallest absolute Gasteiger partial charge is 0.249 e. The maximum Gasteiger partial charge on any atom is 0.249 e. The van der Waals surface area contributed by atoms with Gasteiger partial charge >= 0.3 is 0 Å². The van der Waals surface area contributed by atoms with Crippen molar-refractivity contribution in [1.82, 2.24) is 18.7 Å². The molecule has 0 radical (unpaired) electrons. The maximum atomic E-state index is 13.5. The van der Waals surface area contributed by atoms with Gasteiger partial charge in [-0.2, -0.15) is 4.31 Å². The molecule has 2 aliphatic heterocycles. The third-order valence-electron chi connectivity index (χ3n) is 8.33. The van der Waals surface area contributed by atoms with E-state index in [1.807, 2.05) is 56.0 Å². The van der Waals surface area contributed by atoms with E-state index in [0.717, 1.165) is 54.1 Å². The molecule has 9 heteroatoms. The van der Waals surface area contributed by atoms with Crippen LogP contribution in [0.4, 0.5) is 0 Å². The van der Waals surface area contributed by atoms with E-state index in [1.165, 1.54) is 22.8 Å². The van der Waals surface area contributed by atoms with Crippen LogP contribution in [0.15, 0.2) is 59.5 Å². The van der Waals surface area contributed by atoms with E-state index in [-0.39, 0.29) is 31.7 Å². The third kappa shape index (κ3) is 6.28. The second kappa shape index (κ2) is 12.5. The molecular formula is C32H42N4O4S. The normalized spacial score (nSPS) is 17.8. The molecule has 2 aromatic carbocycles.